The molecule has 1 aromatic carbocycles. The third-order valence-corrected chi connectivity index (χ3v) is 7.33. The van der Waals surface area contributed by atoms with Crippen molar-refractivity contribution in [1.29, 1.82) is 0 Å². The van der Waals surface area contributed by atoms with Gasteiger partial charge in [0.25, 0.3) is 0 Å². The van der Waals surface area contributed by atoms with Crippen LogP contribution in [-0.2, 0) is 34.0 Å². The second kappa shape index (κ2) is 8.61. The lowest BCUT2D eigenvalue weighted by Crippen LogP contribution is -2.50. The van der Waals surface area contributed by atoms with Gasteiger partial charge in [-0.15, -0.1) is 0 Å². The van der Waals surface area contributed by atoms with Gasteiger partial charge in [0.2, 0.25) is 16.4 Å². The zero-order valence-corrected chi connectivity index (χ0v) is 17.6. The Bertz CT molecular complexity index is 840. The number of carbonyl (C=O) groups excluding carboxylic acids is 1. The number of rotatable bonds is 8. The van der Waals surface area contributed by atoms with Crippen LogP contribution in [0.5, 0.6) is 0 Å². The molecule has 1 heterocycles. The maximum Gasteiger partial charge on any atom is 0.416 e. The van der Waals surface area contributed by atoms with Crippen molar-refractivity contribution in [2.75, 3.05) is 12.3 Å². The summed E-state index contributed by atoms with van der Waals surface area (Å²) >= 11 is 0. The fourth-order valence-electron chi connectivity index (χ4n) is 3.79. The molecule has 0 bridgehead atoms. The van der Waals surface area contributed by atoms with E-state index < -0.39 is 39.0 Å². The van der Waals surface area contributed by atoms with Crippen LogP contribution in [-0.4, -0.2) is 47.7 Å². The Morgan fingerprint density at radius 3 is 2.48 bits per heavy atom. The van der Waals surface area contributed by atoms with Crippen LogP contribution in [0.4, 0.5) is 13.2 Å². The molecule has 6 nitrogen and oxygen atoms in total. The number of hydrogen-bond acceptors (Lipinski definition) is 4. The maximum atomic E-state index is 13.0. The lowest BCUT2D eigenvalue weighted by atomic mass is 9.81. The van der Waals surface area contributed by atoms with Crippen LogP contribution in [0.2, 0.25) is 0 Å². The number of halogens is 3. The average molecular weight is 436 g/mol. The summed E-state index contributed by atoms with van der Waals surface area (Å²) in [7, 11) is -3.87. The fourth-order valence-corrected chi connectivity index (χ4v) is 5.71. The predicted octanol–water partition coefficient (Wildman–Crippen LogP) is 3.44. The number of carbonyl (C=O) groups is 1. The SMILES string of the molecule is CCCC(C)(C)C(CS(=O)(=O)N1CCc2cc(C(F)(F)F)ccc2C1)N(O)C=O. The molecule has 1 unspecified atom stereocenters. The van der Waals surface area contributed by atoms with Crippen molar-refractivity contribution in [3.8, 4) is 0 Å². The molecule has 1 atom stereocenters. The molecule has 1 amide bonds. The zero-order chi connectivity index (χ0) is 22.0. The van der Waals surface area contributed by atoms with Crippen molar-refractivity contribution < 1.29 is 31.6 Å². The Kier molecular flexibility index (Phi) is 7.01. The molecule has 0 radical (unpaired) electrons. The number of sulfonamides is 1. The summed E-state index contributed by atoms with van der Waals surface area (Å²) in [5.74, 6) is -0.467. The number of hydrogen-bond donors (Lipinski definition) is 1. The van der Waals surface area contributed by atoms with E-state index in [0.717, 1.165) is 18.6 Å². The van der Waals surface area contributed by atoms with Gasteiger partial charge in [-0.3, -0.25) is 10.0 Å². The monoisotopic (exact) mass is 436 g/mol. The molecule has 29 heavy (non-hydrogen) atoms. The van der Waals surface area contributed by atoms with E-state index in [1.807, 2.05) is 6.92 Å². The van der Waals surface area contributed by atoms with Crippen LogP contribution in [0.3, 0.4) is 0 Å². The Morgan fingerprint density at radius 2 is 1.93 bits per heavy atom. The minimum Gasteiger partial charge on any atom is -0.286 e. The van der Waals surface area contributed by atoms with Gasteiger partial charge in [0, 0.05) is 13.1 Å². The van der Waals surface area contributed by atoms with E-state index in [-0.39, 0.29) is 25.9 Å². The number of fused-ring (bicyclic) bond motifs is 1. The van der Waals surface area contributed by atoms with E-state index in [1.165, 1.54) is 10.4 Å². The van der Waals surface area contributed by atoms with Gasteiger partial charge in [0.15, 0.2) is 0 Å². The lowest BCUT2D eigenvalue weighted by Gasteiger charge is -2.38. The Labute approximate surface area is 169 Å². The standard InChI is InChI=1S/C19H27F3N2O4S/c1-4-8-18(2,3)17(24(26)13-25)12-29(27,28)23-9-7-14-10-16(19(20,21)22)6-5-15(14)11-23/h5-6,10,13,17,26H,4,7-9,11-12H2,1-3H3. The van der Waals surface area contributed by atoms with E-state index in [4.69, 9.17) is 0 Å². The molecule has 0 saturated heterocycles. The number of alkyl halides is 3. The van der Waals surface area contributed by atoms with Gasteiger partial charge in [-0.1, -0.05) is 33.3 Å². The van der Waals surface area contributed by atoms with Crippen LogP contribution < -0.4 is 0 Å². The molecular weight excluding hydrogens is 409 g/mol. The molecule has 1 aliphatic rings. The number of benzene rings is 1. The van der Waals surface area contributed by atoms with Crippen LogP contribution in [0.1, 0.15) is 50.3 Å². The largest absolute Gasteiger partial charge is 0.416 e. The Morgan fingerprint density at radius 1 is 1.28 bits per heavy atom. The third-order valence-electron chi connectivity index (χ3n) is 5.50. The lowest BCUT2D eigenvalue weighted by molar-refractivity contribution is -0.168. The van der Waals surface area contributed by atoms with Crippen LogP contribution in [0, 0.1) is 5.41 Å². The molecule has 0 spiro atoms. The first-order valence-electron chi connectivity index (χ1n) is 9.41. The van der Waals surface area contributed by atoms with Crippen molar-refractivity contribution in [2.45, 2.75) is 58.8 Å². The van der Waals surface area contributed by atoms with Gasteiger partial charge < -0.3 is 0 Å². The summed E-state index contributed by atoms with van der Waals surface area (Å²) in [5.41, 5.74) is -0.401. The minimum absolute atomic E-state index is 0.0384. The summed E-state index contributed by atoms with van der Waals surface area (Å²) in [6.07, 6.45) is -2.74. The van der Waals surface area contributed by atoms with Gasteiger partial charge in [-0.2, -0.15) is 17.5 Å². The van der Waals surface area contributed by atoms with Gasteiger partial charge in [-0.25, -0.2) is 13.5 Å². The quantitative estimate of drug-likeness (QED) is 0.385. The van der Waals surface area contributed by atoms with E-state index in [1.54, 1.807) is 13.8 Å². The Balaban J connectivity index is 2.24. The molecule has 2 rings (SSSR count). The molecule has 0 aliphatic carbocycles. The van der Waals surface area contributed by atoms with E-state index in [9.17, 15) is 31.6 Å². The first-order chi connectivity index (χ1) is 13.3. The van der Waals surface area contributed by atoms with Gasteiger partial charge in [-0.05, 0) is 41.5 Å². The molecule has 0 aromatic heterocycles. The molecule has 164 valence electrons. The second-order valence-corrected chi connectivity index (χ2v) is 10.1. The summed E-state index contributed by atoms with van der Waals surface area (Å²) in [6.45, 7) is 5.50. The molecule has 1 N–H and O–H groups in total. The summed E-state index contributed by atoms with van der Waals surface area (Å²) in [5, 5.41) is 10.4. The second-order valence-electron chi connectivity index (χ2n) is 8.08. The highest BCUT2D eigenvalue weighted by atomic mass is 32.2. The highest BCUT2D eigenvalue weighted by Gasteiger charge is 2.39. The van der Waals surface area contributed by atoms with E-state index >= 15 is 0 Å². The van der Waals surface area contributed by atoms with Crippen molar-refractivity contribution >= 4 is 16.4 Å². The summed E-state index contributed by atoms with van der Waals surface area (Å²) in [4.78, 5) is 11.1. The van der Waals surface area contributed by atoms with Crippen LogP contribution in [0.25, 0.3) is 0 Å². The summed E-state index contributed by atoms with van der Waals surface area (Å²) < 4.78 is 65.9. The molecule has 10 heteroatoms. The Hall–Kier alpha value is -1.65. The summed E-state index contributed by atoms with van der Waals surface area (Å²) in [6, 6.07) is 2.37. The van der Waals surface area contributed by atoms with Crippen molar-refractivity contribution in [1.82, 2.24) is 9.37 Å². The fraction of sp³-hybridized carbons (Fsp3) is 0.632. The van der Waals surface area contributed by atoms with Crippen LogP contribution >= 0.6 is 0 Å². The van der Waals surface area contributed by atoms with E-state index in [0.29, 0.717) is 22.6 Å². The highest BCUT2D eigenvalue weighted by molar-refractivity contribution is 7.89. The minimum atomic E-state index is -4.45. The third kappa shape index (κ3) is 5.49. The highest BCUT2D eigenvalue weighted by Crippen LogP contribution is 2.34. The van der Waals surface area contributed by atoms with Crippen molar-refractivity contribution in [3.63, 3.8) is 0 Å². The molecule has 0 fully saturated rings. The molecule has 1 aromatic rings. The molecule has 0 saturated carbocycles. The van der Waals surface area contributed by atoms with Gasteiger partial charge in [0.1, 0.15) is 0 Å². The normalized spacial score (nSPS) is 16.9. The van der Waals surface area contributed by atoms with Crippen molar-refractivity contribution in [3.05, 3.63) is 34.9 Å². The topological polar surface area (TPSA) is 77.9 Å². The number of nitrogens with zero attached hydrogens (tertiary/aromatic N) is 2. The maximum absolute atomic E-state index is 13.0. The average Bonchev–Trinajstić information content (AvgIpc) is 2.63. The van der Waals surface area contributed by atoms with Crippen molar-refractivity contribution in [2.24, 2.45) is 5.41 Å². The molecular formula is C19H27F3N2O4S. The molecule has 1 aliphatic heterocycles. The number of hydroxylamine groups is 2. The van der Waals surface area contributed by atoms with Gasteiger partial charge >= 0.3 is 6.18 Å². The predicted molar refractivity (Wildman–Crippen MR) is 102 cm³/mol. The number of amides is 1. The van der Waals surface area contributed by atoms with Gasteiger partial charge in [0.05, 0.1) is 17.4 Å². The van der Waals surface area contributed by atoms with Crippen LogP contribution in [0.15, 0.2) is 18.2 Å². The smallest absolute Gasteiger partial charge is 0.286 e. The van der Waals surface area contributed by atoms with E-state index in [2.05, 4.69) is 0 Å². The first kappa shape index (κ1) is 23.6. The first-order valence-corrected chi connectivity index (χ1v) is 11.0. The zero-order valence-electron chi connectivity index (χ0n) is 16.7.